The van der Waals surface area contributed by atoms with Crippen LogP contribution in [0.4, 0.5) is 5.82 Å². The molecule has 0 saturated heterocycles. The molecule has 0 aromatic carbocycles. The van der Waals surface area contributed by atoms with Crippen LogP contribution in [0.2, 0.25) is 5.02 Å². The smallest absolute Gasteiger partial charge is 0.271 e. The molecule has 1 saturated carbocycles. The van der Waals surface area contributed by atoms with E-state index in [4.69, 9.17) is 17.3 Å². The Kier molecular flexibility index (Phi) is 3.29. The van der Waals surface area contributed by atoms with Crippen LogP contribution >= 0.6 is 11.6 Å². The van der Waals surface area contributed by atoms with Crippen molar-refractivity contribution in [3.05, 3.63) is 22.8 Å². The Labute approximate surface area is 99.2 Å². The molecule has 1 heterocycles. The van der Waals surface area contributed by atoms with E-state index in [1.165, 1.54) is 12.8 Å². The van der Waals surface area contributed by atoms with Gasteiger partial charge in [-0.2, -0.15) is 0 Å². The van der Waals surface area contributed by atoms with Crippen LogP contribution in [0.5, 0.6) is 0 Å². The second-order valence-electron chi connectivity index (χ2n) is 4.05. The maximum absolute atomic E-state index is 11.7. The number of nitrogen functional groups attached to an aromatic ring is 1. The molecule has 0 radical (unpaired) electrons. The van der Waals surface area contributed by atoms with Crippen molar-refractivity contribution in [3.8, 4) is 0 Å². The van der Waals surface area contributed by atoms with Gasteiger partial charge in [-0.25, -0.2) is 4.98 Å². The van der Waals surface area contributed by atoms with Crippen LogP contribution in [0.25, 0.3) is 0 Å². The highest BCUT2D eigenvalue weighted by Crippen LogP contribution is 2.31. The number of nitrogens with two attached hydrogens (primary N) is 1. The van der Waals surface area contributed by atoms with Crippen molar-refractivity contribution < 1.29 is 4.79 Å². The summed E-state index contributed by atoms with van der Waals surface area (Å²) >= 11 is 5.87. The quantitative estimate of drug-likeness (QED) is 0.843. The summed E-state index contributed by atoms with van der Waals surface area (Å²) in [5.41, 5.74) is 5.71. The van der Waals surface area contributed by atoms with E-state index in [0.717, 1.165) is 12.3 Å². The van der Waals surface area contributed by atoms with Crippen LogP contribution in [0, 0.1) is 5.92 Å². The van der Waals surface area contributed by atoms with Crippen LogP contribution in [-0.4, -0.2) is 17.4 Å². The largest absolute Gasteiger partial charge is 0.384 e. The van der Waals surface area contributed by atoms with Crippen LogP contribution in [0.1, 0.15) is 29.8 Å². The average Bonchev–Trinajstić information content (AvgIpc) is 3.05. The molecule has 1 aliphatic carbocycles. The molecule has 1 fully saturated rings. The molecule has 0 aliphatic heterocycles. The highest BCUT2D eigenvalue weighted by molar-refractivity contribution is 6.33. The van der Waals surface area contributed by atoms with Gasteiger partial charge in [-0.15, -0.1) is 0 Å². The van der Waals surface area contributed by atoms with Crippen molar-refractivity contribution in [3.63, 3.8) is 0 Å². The lowest BCUT2D eigenvalue weighted by molar-refractivity contribution is 0.0948. The van der Waals surface area contributed by atoms with E-state index in [1.54, 1.807) is 12.1 Å². The van der Waals surface area contributed by atoms with Crippen LogP contribution in [-0.2, 0) is 0 Å². The van der Waals surface area contributed by atoms with Crippen LogP contribution in [0.3, 0.4) is 0 Å². The molecule has 16 heavy (non-hydrogen) atoms. The molecule has 0 atom stereocenters. The number of halogens is 1. The molecule has 1 aromatic rings. The summed E-state index contributed by atoms with van der Waals surface area (Å²) in [5, 5.41) is 3.13. The maximum Gasteiger partial charge on any atom is 0.271 e. The standard InChI is InChI=1S/C11H14ClN3O/c12-8-3-4-9(13)15-10(8)11(16)14-6-5-7-1-2-7/h3-4,7H,1-2,5-6H2,(H2,13,15)(H,14,16). The van der Waals surface area contributed by atoms with Crippen molar-refractivity contribution in [2.45, 2.75) is 19.3 Å². The number of carbonyl (C=O) groups excluding carboxylic acids is 1. The van der Waals surface area contributed by atoms with E-state index in [-0.39, 0.29) is 11.6 Å². The van der Waals surface area contributed by atoms with Gasteiger partial charge in [-0.1, -0.05) is 24.4 Å². The van der Waals surface area contributed by atoms with Gasteiger partial charge in [0.1, 0.15) is 11.5 Å². The number of anilines is 1. The number of hydrogen-bond acceptors (Lipinski definition) is 3. The fraction of sp³-hybridized carbons (Fsp3) is 0.455. The second kappa shape index (κ2) is 4.70. The lowest BCUT2D eigenvalue weighted by Crippen LogP contribution is -2.26. The first-order chi connectivity index (χ1) is 7.66. The molecule has 0 bridgehead atoms. The van der Waals surface area contributed by atoms with Gasteiger partial charge in [0.25, 0.3) is 5.91 Å². The summed E-state index contributed by atoms with van der Waals surface area (Å²) in [6, 6.07) is 3.16. The van der Waals surface area contributed by atoms with Gasteiger partial charge >= 0.3 is 0 Å². The predicted molar refractivity (Wildman–Crippen MR) is 63.3 cm³/mol. The van der Waals surface area contributed by atoms with Gasteiger partial charge in [0.05, 0.1) is 5.02 Å². The van der Waals surface area contributed by atoms with Gasteiger partial charge in [0.15, 0.2) is 0 Å². The number of rotatable bonds is 4. The van der Waals surface area contributed by atoms with E-state index in [2.05, 4.69) is 10.3 Å². The first-order valence-electron chi connectivity index (χ1n) is 5.37. The molecule has 3 N–H and O–H groups in total. The van der Waals surface area contributed by atoms with E-state index >= 15 is 0 Å². The Bertz CT molecular complexity index is 404. The zero-order valence-electron chi connectivity index (χ0n) is 8.87. The SMILES string of the molecule is Nc1ccc(Cl)c(C(=O)NCCC2CC2)n1. The summed E-state index contributed by atoms with van der Waals surface area (Å²) in [4.78, 5) is 15.6. The maximum atomic E-state index is 11.7. The van der Waals surface area contributed by atoms with Gasteiger partial charge in [0, 0.05) is 6.54 Å². The van der Waals surface area contributed by atoms with E-state index in [9.17, 15) is 4.79 Å². The molecule has 1 aliphatic rings. The van der Waals surface area contributed by atoms with Crippen LogP contribution < -0.4 is 11.1 Å². The molecule has 0 unspecified atom stereocenters. The molecular formula is C11H14ClN3O. The van der Waals surface area contributed by atoms with Crippen molar-refractivity contribution >= 4 is 23.3 Å². The Balaban J connectivity index is 1.93. The van der Waals surface area contributed by atoms with Crippen LogP contribution in [0.15, 0.2) is 12.1 Å². The van der Waals surface area contributed by atoms with Gasteiger partial charge in [-0.05, 0) is 24.5 Å². The zero-order chi connectivity index (χ0) is 11.5. The predicted octanol–water partition coefficient (Wildman–Crippen LogP) is 1.85. The average molecular weight is 240 g/mol. The van der Waals surface area contributed by atoms with Gasteiger partial charge < -0.3 is 11.1 Å². The fourth-order valence-corrected chi connectivity index (χ4v) is 1.69. The highest BCUT2D eigenvalue weighted by atomic mass is 35.5. The number of nitrogens with one attached hydrogen (secondary N) is 1. The molecule has 5 heteroatoms. The summed E-state index contributed by atoms with van der Waals surface area (Å²) in [6.07, 6.45) is 3.60. The van der Waals surface area contributed by atoms with Crippen molar-refractivity contribution in [1.82, 2.24) is 10.3 Å². The summed E-state index contributed by atoms with van der Waals surface area (Å²) in [5.74, 6) is 0.847. The minimum atomic E-state index is -0.252. The molecule has 1 aromatic heterocycles. The van der Waals surface area contributed by atoms with Crippen molar-refractivity contribution in [2.24, 2.45) is 5.92 Å². The van der Waals surface area contributed by atoms with E-state index in [1.807, 2.05) is 0 Å². The minimum absolute atomic E-state index is 0.206. The van der Waals surface area contributed by atoms with Gasteiger partial charge in [-0.3, -0.25) is 4.79 Å². The molecule has 1 amide bonds. The summed E-state index contributed by atoms with van der Waals surface area (Å²) in [7, 11) is 0. The number of aromatic nitrogens is 1. The minimum Gasteiger partial charge on any atom is -0.384 e. The van der Waals surface area contributed by atoms with Crippen molar-refractivity contribution in [1.29, 1.82) is 0 Å². The Morgan fingerprint density at radius 1 is 1.56 bits per heavy atom. The number of carbonyl (C=O) groups is 1. The van der Waals surface area contributed by atoms with Crippen molar-refractivity contribution in [2.75, 3.05) is 12.3 Å². The molecular weight excluding hydrogens is 226 g/mol. The summed E-state index contributed by atoms with van der Waals surface area (Å²) < 4.78 is 0. The fourth-order valence-electron chi connectivity index (χ4n) is 1.50. The third-order valence-electron chi connectivity index (χ3n) is 2.62. The highest BCUT2D eigenvalue weighted by Gasteiger charge is 2.21. The number of amides is 1. The van der Waals surface area contributed by atoms with E-state index < -0.39 is 0 Å². The number of hydrogen-bond donors (Lipinski definition) is 2. The Hall–Kier alpha value is -1.29. The molecule has 4 nitrogen and oxygen atoms in total. The first kappa shape index (κ1) is 11.2. The molecule has 86 valence electrons. The monoisotopic (exact) mass is 239 g/mol. The Morgan fingerprint density at radius 3 is 3.00 bits per heavy atom. The Morgan fingerprint density at radius 2 is 2.31 bits per heavy atom. The van der Waals surface area contributed by atoms with Gasteiger partial charge in [0.2, 0.25) is 0 Å². The normalized spacial score (nSPS) is 14.8. The lowest BCUT2D eigenvalue weighted by atomic mass is 10.3. The molecule has 2 rings (SSSR count). The number of pyridine rings is 1. The lowest BCUT2D eigenvalue weighted by Gasteiger charge is -2.05. The second-order valence-corrected chi connectivity index (χ2v) is 4.46. The van der Waals surface area contributed by atoms with E-state index in [0.29, 0.717) is 17.4 Å². The molecule has 0 spiro atoms. The zero-order valence-corrected chi connectivity index (χ0v) is 9.63. The third-order valence-corrected chi connectivity index (χ3v) is 2.92. The third kappa shape index (κ3) is 2.85. The topological polar surface area (TPSA) is 68.0 Å². The first-order valence-corrected chi connectivity index (χ1v) is 5.75. The summed E-state index contributed by atoms with van der Waals surface area (Å²) in [6.45, 7) is 0.677. The number of nitrogens with zero attached hydrogens (tertiary/aromatic N) is 1.